The molecule has 0 spiro atoms. The summed E-state index contributed by atoms with van der Waals surface area (Å²) in [6.45, 7) is 0.481. The lowest BCUT2D eigenvalue weighted by Crippen LogP contribution is -2.16. The fraction of sp³-hybridized carbons (Fsp3) is 0.143. The molecule has 0 saturated heterocycles. The first-order valence-electron chi connectivity index (χ1n) is 8.36. The molecule has 5 nitrogen and oxygen atoms in total. The fourth-order valence-corrected chi connectivity index (χ4v) is 2.45. The Morgan fingerprint density at radius 1 is 1.00 bits per heavy atom. The van der Waals surface area contributed by atoms with Gasteiger partial charge in [-0.3, -0.25) is 4.79 Å². The minimum Gasteiger partial charge on any atom is -0.489 e. The number of benzene rings is 2. The number of nitrogens with zero attached hydrogens (tertiary/aromatic N) is 1. The summed E-state index contributed by atoms with van der Waals surface area (Å²) in [5.41, 5.74) is 1.75. The Bertz CT molecular complexity index is 821. The van der Waals surface area contributed by atoms with Crippen molar-refractivity contribution in [1.82, 2.24) is 4.98 Å². The predicted molar refractivity (Wildman–Crippen MR) is 99.7 cm³/mol. The zero-order valence-electron chi connectivity index (χ0n) is 14.2. The van der Waals surface area contributed by atoms with Gasteiger partial charge < -0.3 is 15.2 Å². The van der Waals surface area contributed by atoms with E-state index in [0.29, 0.717) is 23.7 Å². The maximum atomic E-state index is 12.0. The molecule has 0 aliphatic rings. The van der Waals surface area contributed by atoms with E-state index in [4.69, 9.17) is 4.74 Å². The summed E-state index contributed by atoms with van der Waals surface area (Å²) in [5.74, 6) is 0.887. The van der Waals surface area contributed by atoms with Crippen LogP contribution in [0.2, 0.25) is 0 Å². The van der Waals surface area contributed by atoms with Gasteiger partial charge in [0, 0.05) is 6.20 Å². The van der Waals surface area contributed by atoms with Gasteiger partial charge in [-0.25, -0.2) is 4.98 Å². The van der Waals surface area contributed by atoms with Crippen molar-refractivity contribution in [3.05, 3.63) is 90.1 Å². The van der Waals surface area contributed by atoms with Gasteiger partial charge in [-0.2, -0.15) is 0 Å². The monoisotopic (exact) mass is 348 g/mol. The molecular formula is C21H20N2O3. The van der Waals surface area contributed by atoms with Gasteiger partial charge in [0.25, 0.3) is 0 Å². The molecule has 2 N–H and O–H groups in total. The SMILES string of the molecule is O=C(CC(O)c1ccc(OCc2ccccc2)cc1)Nc1ccccn1. The molecule has 3 aromatic rings. The molecular weight excluding hydrogens is 328 g/mol. The highest BCUT2D eigenvalue weighted by molar-refractivity contribution is 5.90. The minimum atomic E-state index is -0.887. The number of ether oxygens (including phenoxy) is 1. The second-order valence-corrected chi connectivity index (χ2v) is 5.83. The first-order chi connectivity index (χ1) is 12.7. The molecule has 5 heteroatoms. The molecule has 0 saturated carbocycles. The summed E-state index contributed by atoms with van der Waals surface area (Å²) in [5, 5.41) is 12.9. The highest BCUT2D eigenvalue weighted by atomic mass is 16.5. The molecule has 1 atom stereocenters. The van der Waals surface area contributed by atoms with Gasteiger partial charge in [0.1, 0.15) is 18.2 Å². The van der Waals surface area contributed by atoms with E-state index >= 15 is 0 Å². The van der Waals surface area contributed by atoms with Crippen molar-refractivity contribution < 1.29 is 14.6 Å². The summed E-state index contributed by atoms with van der Waals surface area (Å²) < 4.78 is 5.72. The number of carbonyl (C=O) groups excluding carboxylic acids is 1. The molecule has 1 amide bonds. The van der Waals surface area contributed by atoms with Crippen LogP contribution < -0.4 is 10.1 Å². The van der Waals surface area contributed by atoms with E-state index in [-0.39, 0.29) is 12.3 Å². The quantitative estimate of drug-likeness (QED) is 0.683. The second-order valence-electron chi connectivity index (χ2n) is 5.83. The smallest absolute Gasteiger partial charge is 0.228 e. The summed E-state index contributed by atoms with van der Waals surface area (Å²) in [6, 6.07) is 22.2. The lowest BCUT2D eigenvalue weighted by molar-refractivity contribution is -0.118. The van der Waals surface area contributed by atoms with Gasteiger partial charge in [0.15, 0.2) is 0 Å². The molecule has 0 fully saturated rings. The van der Waals surface area contributed by atoms with Crippen LogP contribution in [0.3, 0.4) is 0 Å². The molecule has 0 aliphatic heterocycles. The molecule has 1 unspecified atom stereocenters. The van der Waals surface area contributed by atoms with Crippen LogP contribution >= 0.6 is 0 Å². The summed E-state index contributed by atoms with van der Waals surface area (Å²) in [7, 11) is 0. The van der Waals surface area contributed by atoms with Gasteiger partial charge in [-0.1, -0.05) is 48.5 Å². The van der Waals surface area contributed by atoms with E-state index in [0.717, 1.165) is 5.56 Å². The summed E-state index contributed by atoms with van der Waals surface area (Å²) >= 11 is 0. The molecule has 132 valence electrons. The minimum absolute atomic E-state index is 0.0409. The Hall–Kier alpha value is -3.18. The van der Waals surface area contributed by atoms with Crippen LogP contribution in [0.25, 0.3) is 0 Å². The van der Waals surface area contributed by atoms with Crippen LogP contribution in [0.15, 0.2) is 79.0 Å². The van der Waals surface area contributed by atoms with Crippen molar-refractivity contribution >= 4 is 11.7 Å². The van der Waals surface area contributed by atoms with Gasteiger partial charge in [0.05, 0.1) is 12.5 Å². The molecule has 0 bridgehead atoms. The van der Waals surface area contributed by atoms with Crippen molar-refractivity contribution in [3.8, 4) is 5.75 Å². The van der Waals surface area contributed by atoms with Crippen LogP contribution in [0.4, 0.5) is 5.82 Å². The third-order valence-corrected chi connectivity index (χ3v) is 3.82. The van der Waals surface area contributed by atoms with E-state index in [1.807, 2.05) is 30.3 Å². The second kappa shape index (κ2) is 8.78. The van der Waals surface area contributed by atoms with E-state index in [1.54, 1.807) is 48.7 Å². The number of pyridine rings is 1. The standard InChI is InChI=1S/C21H20N2O3/c24-19(14-21(25)23-20-8-4-5-13-22-20)17-9-11-18(12-10-17)26-15-16-6-2-1-3-7-16/h1-13,19,24H,14-15H2,(H,22,23,25). The Labute approximate surface area is 152 Å². The topological polar surface area (TPSA) is 71.5 Å². The van der Waals surface area contributed by atoms with Crippen LogP contribution in [-0.4, -0.2) is 16.0 Å². The van der Waals surface area contributed by atoms with E-state index in [1.165, 1.54) is 0 Å². The number of amides is 1. The average Bonchev–Trinajstić information content (AvgIpc) is 2.68. The van der Waals surface area contributed by atoms with E-state index in [9.17, 15) is 9.90 Å². The number of aliphatic hydroxyl groups excluding tert-OH is 1. The molecule has 1 heterocycles. The summed E-state index contributed by atoms with van der Waals surface area (Å²) in [6.07, 6.45) is 0.669. The van der Waals surface area contributed by atoms with Crippen molar-refractivity contribution in [2.45, 2.75) is 19.1 Å². The van der Waals surface area contributed by atoms with Crippen molar-refractivity contribution in [3.63, 3.8) is 0 Å². The molecule has 1 aromatic heterocycles. The van der Waals surface area contributed by atoms with Gasteiger partial charge in [-0.15, -0.1) is 0 Å². The lowest BCUT2D eigenvalue weighted by atomic mass is 10.1. The first kappa shape index (κ1) is 17.6. The number of aliphatic hydroxyl groups is 1. The van der Waals surface area contributed by atoms with E-state index < -0.39 is 6.10 Å². The molecule has 26 heavy (non-hydrogen) atoms. The molecule has 0 radical (unpaired) electrons. The van der Waals surface area contributed by atoms with Gasteiger partial charge in [-0.05, 0) is 35.4 Å². The lowest BCUT2D eigenvalue weighted by Gasteiger charge is -2.12. The highest BCUT2D eigenvalue weighted by Gasteiger charge is 2.13. The van der Waals surface area contributed by atoms with Crippen LogP contribution in [0, 0.1) is 0 Å². The maximum absolute atomic E-state index is 12.0. The maximum Gasteiger partial charge on any atom is 0.228 e. The fourth-order valence-electron chi connectivity index (χ4n) is 2.45. The number of hydrogen-bond acceptors (Lipinski definition) is 4. The number of carbonyl (C=O) groups is 1. The molecule has 3 rings (SSSR count). The number of hydrogen-bond donors (Lipinski definition) is 2. The normalized spacial score (nSPS) is 11.6. The Kier molecular flexibility index (Phi) is 5.96. The number of aromatic nitrogens is 1. The predicted octanol–water partition coefficient (Wildman–Crippen LogP) is 3.72. The Morgan fingerprint density at radius 2 is 1.73 bits per heavy atom. The van der Waals surface area contributed by atoms with Crippen molar-refractivity contribution in [1.29, 1.82) is 0 Å². The zero-order valence-corrected chi connectivity index (χ0v) is 14.2. The van der Waals surface area contributed by atoms with Gasteiger partial charge >= 0.3 is 0 Å². The Balaban J connectivity index is 1.51. The number of nitrogens with one attached hydrogen (secondary N) is 1. The van der Waals surface area contributed by atoms with Crippen LogP contribution in [-0.2, 0) is 11.4 Å². The van der Waals surface area contributed by atoms with Crippen molar-refractivity contribution in [2.24, 2.45) is 0 Å². The molecule has 0 aliphatic carbocycles. The number of rotatable bonds is 7. The van der Waals surface area contributed by atoms with Gasteiger partial charge in [0.2, 0.25) is 5.91 Å². The highest BCUT2D eigenvalue weighted by Crippen LogP contribution is 2.21. The zero-order chi connectivity index (χ0) is 18.2. The van der Waals surface area contributed by atoms with Crippen LogP contribution in [0.5, 0.6) is 5.75 Å². The Morgan fingerprint density at radius 3 is 2.42 bits per heavy atom. The van der Waals surface area contributed by atoms with E-state index in [2.05, 4.69) is 10.3 Å². The third-order valence-electron chi connectivity index (χ3n) is 3.82. The first-order valence-corrected chi connectivity index (χ1v) is 8.36. The largest absolute Gasteiger partial charge is 0.489 e. The van der Waals surface area contributed by atoms with Crippen molar-refractivity contribution in [2.75, 3.05) is 5.32 Å². The molecule has 2 aromatic carbocycles. The average molecular weight is 348 g/mol. The number of anilines is 1. The third kappa shape index (κ3) is 5.16. The van der Waals surface area contributed by atoms with Crippen LogP contribution in [0.1, 0.15) is 23.7 Å². The summed E-state index contributed by atoms with van der Waals surface area (Å²) in [4.78, 5) is 16.0.